The minimum absolute atomic E-state index is 0.0814. The Bertz CT molecular complexity index is 1150. The predicted molar refractivity (Wildman–Crippen MR) is 131 cm³/mol. The van der Waals surface area contributed by atoms with E-state index in [2.05, 4.69) is 43.0 Å². The first-order chi connectivity index (χ1) is 16.3. The molecule has 0 aromatic heterocycles. The molecule has 2 aliphatic heterocycles. The average Bonchev–Trinajstić information content (AvgIpc) is 3.09. The second kappa shape index (κ2) is 8.59. The number of carbonyl (C=O) groups is 2. The largest absolute Gasteiger partial charge is 0.365 e. The lowest BCUT2D eigenvalue weighted by Gasteiger charge is -2.42. The van der Waals surface area contributed by atoms with Gasteiger partial charge in [0, 0.05) is 37.4 Å². The summed E-state index contributed by atoms with van der Waals surface area (Å²) in [5.41, 5.74) is 3.07. The molecule has 0 radical (unpaired) electrons. The molecule has 8 heteroatoms. The molecule has 0 N–H and O–H groups in total. The fourth-order valence-electron chi connectivity index (χ4n) is 5.42. The molecule has 2 saturated heterocycles. The highest BCUT2D eigenvalue weighted by atomic mass is 16.6. The van der Waals surface area contributed by atoms with Gasteiger partial charge in [-0.05, 0) is 51.0 Å². The number of hydrogen-bond acceptors (Lipinski definition) is 6. The number of imide groups is 1. The van der Waals surface area contributed by atoms with Crippen LogP contribution in [-0.4, -0.2) is 42.4 Å². The third-order valence-corrected chi connectivity index (χ3v) is 7.26. The highest BCUT2D eigenvalue weighted by Gasteiger charge is 2.48. The van der Waals surface area contributed by atoms with Crippen molar-refractivity contribution in [2.75, 3.05) is 34.3 Å². The Morgan fingerprint density at radius 3 is 2.12 bits per heavy atom. The number of benzene rings is 2. The molecule has 0 saturated carbocycles. The molecule has 2 aromatic rings. The molecule has 0 unspecified atom stereocenters. The number of nitro groups is 1. The zero-order valence-corrected chi connectivity index (χ0v) is 19.4. The van der Waals surface area contributed by atoms with Gasteiger partial charge in [0.05, 0.1) is 22.4 Å². The Kier molecular flexibility index (Phi) is 5.59. The number of aryl methyl sites for hydroxylation is 1. The molecule has 2 aromatic carbocycles. The monoisotopic (exact) mass is 460 g/mol. The molecule has 2 amide bonds. The van der Waals surface area contributed by atoms with Crippen LogP contribution in [0.5, 0.6) is 0 Å². The van der Waals surface area contributed by atoms with Crippen LogP contribution in [0.2, 0.25) is 0 Å². The summed E-state index contributed by atoms with van der Waals surface area (Å²) in [4.78, 5) is 43.0. The maximum Gasteiger partial charge on any atom is 0.294 e. The van der Waals surface area contributed by atoms with Crippen LogP contribution >= 0.6 is 0 Å². The fourth-order valence-corrected chi connectivity index (χ4v) is 5.42. The molecular weight excluding hydrogens is 432 g/mol. The van der Waals surface area contributed by atoms with Crippen molar-refractivity contribution >= 4 is 34.6 Å². The number of hydrogen-bond donors (Lipinski definition) is 0. The van der Waals surface area contributed by atoms with Gasteiger partial charge < -0.3 is 9.80 Å². The van der Waals surface area contributed by atoms with E-state index < -0.39 is 4.92 Å². The van der Waals surface area contributed by atoms with E-state index in [1.165, 1.54) is 11.6 Å². The third-order valence-electron chi connectivity index (χ3n) is 7.26. The summed E-state index contributed by atoms with van der Waals surface area (Å²) in [6.07, 6.45) is 4.93. The minimum Gasteiger partial charge on any atom is -0.365 e. The lowest BCUT2D eigenvalue weighted by molar-refractivity contribution is -0.384. The molecular formula is C26H28N4O4. The number of rotatable bonds is 4. The van der Waals surface area contributed by atoms with E-state index in [1.54, 1.807) is 12.1 Å². The molecule has 176 valence electrons. The lowest BCUT2D eigenvalue weighted by Crippen LogP contribution is -2.52. The second-order valence-corrected chi connectivity index (χ2v) is 9.42. The molecule has 0 bridgehead atoms. The van der Waals surface area contributed by atoms with E-state index in [-0.39, 0.29) is 41.1 Å². The molecule has 1 aliphatic carbocycles. The highest BCUT2D eigenvalue weighted by Crippen LogP contribution is 2.40. The quantitative estimate of drug-likeness (QED) is 0.296. The molecule has 8 nitrogen and oxygen atoms in total. The lowest BCUT2D eigenvalue weighted by atomic mass is 9.85. The van der Waals surface area contributed by atoms with Crippen molar-refractivity contribution in [3.63, 3.8) is 0 Å². The van der Waals surface area contributed by atoms with Crippen molar-refractivity contribution in [3.8, 4) is 0 Å². The number of anilines is 3. The van der Waals surface area contributed by atoms with Gasteiger partial charge in [0.15, 0.2) is 0 Å². The van der Waals surface area contributed by atoms with Gasteiger partial charge in [-0.15, -0.1) is 0 Å². The summed E-state index contributed by atoms with van der Waals surface area (Å²) >= 11 is 0. The van der Waals surface area contributed by atoms with Gasteiger partial charge >= 0.3 is 0 Å². The van der Waals surface area contributed by atoms with Crippen molar-refractivity contribution in [1.29, 1.82) is 0 Å². The summed E-state index contributed by atoms with van der Waals surface area (Å²) in [6, 6.07) is 13.3. The molecule has 34 heavy (non-hydrogen) atoms. The van der Waals surface area contributed by atoms with E-state index in [9.17, 15) is 19.7 Å². The van der Waals surface area contributed by atoms with Crippen LogP contribution in [-0.2, 0) is 9.59 Å². The highest BCUT2D eigenvalue weighted by molar-refractivity contribution is 6.22. The first-order valence-corrected chi connectivity index (χ1v) is 11.7. The smallest absolute Gasteiger partial charge is 0.294 e. The minimum atomic E-state index is -0.421. The van der Waals surface area contributed by atoms with E-state index in [0.717, 1.165) is 17.1 Å². The molecule has 2 heterocycles. The van der Waals surface area contributed by atoms with Crippen LogP contribution in [0.1, 0.15) is 25.3 Å². The zero-order valence-electron chi connectivity index (χ0n) is 19.4. The Morgan fingerprint density at radius 2 is 1.53 bits per heavy atom. The van der Waals surface area contributed by atoms with Gasteiger partial charge in [-0.3, -0.25) is 19.7 Å². The number of carbonyl (C=O) groups excluding carboxylic acids is 2. The summed E-state index contributed by atoms with van der Waals surface area (Å²) < 4.78 is 0. The molecule has 3 atom stereocenters. The maximum absolute atomic E-state index is 12.9. The van der Waals surface area contributed by atoms with Crippen molar-refractivity contribution in [3.05, 3.63) is 70.3 Å². The Balaban J connectivity index is 1.39. The second-order valence-electron chi connectivity index (χ2n) is 9.42. The van der Waals surface area contributed by atoms with Crippen LogP contribution in [0, 0.1) is 28.9 Å². The fraction of sp³-hybridized carbons (Fsp3) is 0.385. The zero-order chi connectivity index (χ0) is 24.0. The molecule has 0 spiro atoms. The van der Waals surface area contributed by atoms with Gasteiger partial charge in [-0.1, -0.05) is 29.8 Å². The van der Waals surface area contributed by atoms with E-state index in [1.807, 2.05) is 17.1 Å². The van der Waals surface area contributed by atoms with E-state index in [4.69, 9.17) is 0 Å². The maximum atomic E-state index is 12.9. The Morgan fingerprint density at radius 1 is 0.912 bits per heavy atom. The normalized spacial score (nSPS) is 24.5. The SMILES string of the molecule is Cc1ccc(N2CCN(c3ccc(N4C(=O)[C@H]5CC=CC[C@H]5C4=O)cc3[N+](=O)[O-])C[C@@H]2C)cc1. The van der Waals surface area contributed by atoms with Gasteiger partial charge in [0.2, 0.25) is 11.8 Å². The number of allylic oxidation sites excluding steroid dienone is 2. The summed E-state index contributed by atoms with van der Waals surface area (Å²) in [5.74, 6) is -1.26. The van der Waals surface area contributed by atoms with Gasteiger partial charge in [0.25, 0.3) is 5.69 Å². The van der Waals surface area contributed by atoms with Crippen molar-refractivity contribution in [2.24, 2.45) is 11.8 Å². The summed E-state index contributed by atoms with van der Waals surface area (Å²) in [6.45, 7) is 6.18. The first-order valence-electron chi connectivity index (χ1n) is 11.7. The van der Waals surface area contributed by atoms with Crippen LogP contribution < -0.4 is 14.7 Å². The first kappa shape index (κ1) is 22.1. The van der Waals surface area contributed by atoms with Gasteiger partial charge in [-0.25, -0.2) is 4.90 Å². The Labute approximate surface area is 198 Å². The Hall–Kier alpha value is -3.68. The predicted octanol–water partition coefficient (Wildman–Crippen LogP) is 4.07. The summed E-state index contributed by atoms with van der Waals surface area (Å²) in [5, 5.41) is 12.0. The van der Waals surface area contributed by atoms with Crippen molar-refractivity contribution in [1.82, 2.24) is 0 Å². The topological polar surface area (TPSA) is 87.0 Å². The molecule has 5 rings (SSSR count). The van der Waals surface area contributed by atoms with Crippen LogP contribution in [0.4, 0.5) is 22.7 Å². The average molecular weight is 461 g/mol. The number of fused-ring (bicyclic) bond motifs is 1. The third kappa shape index (κ3) is 3.73. The van der Waals surface area contributed by atoms with E-state index >= 15 is 0 Å². The summed E-state index contributed by atoms with van der Waals surface area (Å²) in [7, 11) is 0. The number of piperazine rings is 1. The van der Waals surface area contributed by atoms with Gasteiger partial charge in [0.1, 0.15) is 5.69 Å². The van der Waals surface area contributed by atoms with Crippen molar-refractivity contribution < 1.29 is 14.5 Å². The van der Waals surface area contributed by atoms with Crippen molar-refractivity contribution in [2.45, 2.75) is 32.7 Å². The van der Waals surface area contributed by atoms with Crippen LogP contribution in [0.15, 0.2) is 54.6 Å². The molecule has 2 fully saturated rings. The molecule has 3 aliphatic rings. The number of amides is 2. The van der Waals surface area contributed by atoms with E-state index in [0.29, 0.717) is 31.6 Å². The van der Waals surface area contributed by atoms with Crippen LogP contribution in [0.3, 0.4) is 0 Å². The standard InChI is InChI=1S/C26H28N4O4/c1-17-7-9-19(10-8-17)28-14-13-27(16-18(28)2)23-12-11-20(15-24(23)30(33)34)29-25(31)21-5-3-4-6-22(21)26(29)32/h3-4,7-12,15,18,21-22H,5-6,13-14,16H2,1-2H3/t18-,21-,22+/m0/s1. The number of nitro benzene ring substituents is 1. The van der Waals surface area contributed by atoms with Crippen LogP contribution in [0.25, 0.3) is 0 Å². The van der Waals surface area contributed by atoms with Gasteiger partial charge in [-0.2, -0.15) is 0 Å². The number of nitrogens with zero attached hydrogens (tertiary/aromatic N) is 4.